The fourth-order valence-electron chi connectivity index (χ4n) is 5.38. The number of ether oxygens (including phenoxy) is 1. The number of rotatable bonds is 8. The maximum absolute atomic E-state index is 13.6. The largest absolute Gasteiger partial charge is 0.496 e. The number of quaternary nitrogens is 1. The van der Waals surface area contributed by atoms with Crippen molar-refractivity contribution < 1.29 is 33.8 Å². The predicted octanol–water partition coefficient (Wildman–Crippen LogP) is 5.28. The maximum atomic E-state index is 13.6. The Balaban J connectivity index is 1.45. The normalized spacial score (nSPS) is 13.5. The van der Waals surface area contributed by atoms with Crippen LogP contribution in [0.5, 0.6) is 5.75 Å². The van der Waals surface area contributed by atoms with Crippen molar-refractivity contribution in [3.8, 4) is 28.2 Å². The quantitative estimate of drug-likeness (QED) is 0.151. The minimum atomic E-state index is -0.418. The fourth-order valence-corrected chi connectivity index (χ4v) is 5.38. The summed E-state index contributed by atoms with van der Waals surface area (Å²) < 4.78 is 25.2. The standard InChI is InChI=1S/C33H28FN3O5/c1-35-32(39)29-24-17-23(26(37-40)18-28(24)42-30(29)19-8-11-22(34)12-9-19)20-10-13-27(41-2)25(16-20)31(38)36-33(14-15-33)21-6-4-3-5-7-21/h3-13,16-18,37,40H,14-15H2,1-2H3,(H,35,39)(H,36,38)/p+1. The van der Waals surface area contributed by atoms with Crippen LogP contribution < -0.4 is 20.9 Å². The molecule has 1 aliphatic carbocycles. The number of furan rings is 1. The highest BCUT2D eigenvalue weighted by Gasteiger charge is 2.46. The monoisotopic (exact) mass is 566 g/mol. The lowest BCUT2D eigenvalue weighted by Gasteiger charge is -2.19. The van der Waals surface area contributed by atoms with Crippen LogP contribution in [0.4, 0.5) is 10.1 Å². The van der Waals surface area contributed by atoms with Crippen LogP contribution in [0.15, 0.2) is 89.3 Å². The van der Waals surface area contributed by atoms with Crippen LogP contribution in [0.2, 0.25) is 0 Å². The van der Waals surface area contributed by atoms with Crippen LogP contribution in [0.25, 0.3) is 33.4 Å². The second-order valence-electron chi connectivity index (χ2n) is 10.3. The molecular formula is C33H29FN3O5+. The predicted molar refractivity (Wildman–Crippen MR) is 155 cm³/mol. The van der Waals surface area contributed by atoms with Gasteiger partial charge in [-0.3, -0.25) is 9.59 Å². The molecule has 4 aromatic carbocycles. The number of methoxy groups -OCH3 is 1. The van der Waals surface area contributed by atoms with Gasteiger partial charge in [0.15, 0.2) is 5.69 Å². The molecular weight excluding hydrogens is 537 g/mol. The number of halogens is 1. The average Bonchev–Trinajstić information content (AvgIpc) is 3.72. The van der Waals surface area contributed by atoms with Crippen molar-refractivity contribution in [2.75, 3.05) is 14.2 Å². The number of carbonyl (C=O) groups excluding carboxylic acids is 2. The summed E-state index contributed by atoms with van der Waals surface area (Å²) in [6.07, 6.45) is 1.67. The van der Waals surface area contributed by atoms with E-state index in [0.29, 0.717) is 44.7 Å². The third kappa shape index (κ3) is 4.78. The van der Waals surface area contributed by atoms with Gasteiger partial charge in [0.05, 0.1) is 23.8 Å². The zero-order valence-corrected chi connectivity index (χ0v) is 23.0. The summed E-state index contributed by atoms with van der Waals surface area (Å²) in [5, 5.41) is 16.5. The Labute approximate surface area is 241 Å². The van der Waals surface area contributed by atoms with E-state index in [1.807, 2.05) is 30.3 Å². The van der Waals surface area contributed by atoms with E-state index in [4.69, 9.17) is 9.15 Å². The topological polar surface area (TPSA) is 117 Å². The van der Waals surface area contributed by atoms with Gasteiger partial charge in [0, 0.05) is 29.6 Å². The molecule has 0 atom stereocenters. The molecule has 0 unspecified atom stereocenters. The number of nitrogens with one attached hydrogen (secondary N) is 2. The molecule has 0 saturated heterocycles. The van der Waals surface area contributed by atoms with Crippen LogP contribution in [-0.2, 0) is 5.54 Å². The van der Waals surface area contributed by atoms with Gasteiger partial charge in [-0.1, -0.05) is 36.4 Å². The van der Waals surface area contributed by atoms with Gasteiger partial charge >= 0.3 is 0 Å². The Morgan fingerprint density at radius 1 is 0.952 bits per heavy atom. The molecule has 8 nitrogen and oxygen atoms in total. The molecule has 0 aliphatic heterocycles. The smallest absolute Gasteiger partial charge is 0.255 e. The highest BCUT2D eigenvalue weighted by Crippen LogP contribution is 2.46. The highest BCUT2D eigenvalue weighted by atomic mass is 19.1. The van der Waals surface area contributed by atoms with Gasteiger partial charge in [-0.05, 0) is 66.4 Å². The molecule has 1 fully saturated rings. The molecule has 6 rings (SSSR count). The number of carbonyl (C=O) groups is 2. The van der Waals surface area contributed by atoms with Crippen LogP contribution >= 0.6 is 0 Å². The van der Waals surface area contributed by atoms with Crippen molar-refractivity contribution in [2.45, 2.75) is 18.4 Å². The Kier molecular flexibility index (Phi) is 6.97. The molecule has 212 valence electrons. The lowest BCUT2D eigenvalue weighted by Crippen LogP contribution is -2.74. The van der Waals surface area contributed by atoms with Crippen molar-refractivity contribution in [2.24, 2.45) is 0 Å². The first-order chi connectivity index (χ1) is 20.4. The minimum Gasteiger partial charge on any atom is -0.496 e. The van der Waals surface area contributed by atoms with Crippen molar-refractivity contribution in [3.63, 3.8) is 0 Å². The van der Waals surface area contributed by atoms with Gasteiger partial charge in [0.2, 0.25) is 0 Å². The molecule has 5 aromatic rings. The van der Waals surface area contributed by atoms with E-state index in [2.05, 4.69) is 10.6 Å². The Morgan fingerprint density at radius 2 is 1.67 bits per heavy atom. The van der Waals surface area contributed by atoms with Crippen LogP contribution in [0.3, 0.4) is 0 Å². The average molecular weight is 567 g/mol. The van der Waals surface area contributed by atoms with Crippen molar-refractivity contribution >= 4 is 28.5 Å². The van der Waals surface area contributed by atoms with E-state index in [0.717, 1.165) is 23.9 Å². The zero-order valence-electron chi connectivity index (χ0n) is 23.0. The van der Waals surface area contributed by atoms with Gasteiger partial charge in [-0.2, -0.15) is 5.48 Å². The Morgan fingerprint density at radius 3 is 2.31 bits per heavy atom. The van der Waals surface area contributed by atoms with E-state index in [9.17, 15) is 19.2 Å². The number of nitrogens with two attached hydrogens (primary N) is 1. The van der Waals surface area contributed by atoms with Crippen molar-refractivity contribution in [1.29, 1.82) is 0 Å². The van der Waals surface area contributed by atoms with Gasteiger partial charge in [-0.25, -0.2) is 9.60 Å². The minimum absolute atomic E-state index is 0.273. The first-order valence-electron chi connectivity index (χ1n) is 13.5. The third-order valence-corrected chi connectivity index (χ3v) is 7.74. The molecule has 1 saturated carbocycles. The van der Waals surface area contributed by atoms with E-state index in [1.54, 1.807) is 30.3 Å². The first kappa shape index (κ1) is 27.2. The molecule has 0 spiro atoms. The summed E-state index contributed by atoms with van der Waals surface area (Å²) >= 11 is 0. The summed E-state index contributed by atoms with van der Waals surface area (Å²) in [6, 6.07) is 24.1. The van der Waals surface area contributed by atoms with E-state index in [-0.39, 0.29) is 23.1 Å². The lowest BCUT2D eigenvalue weighted by atomic mass is 9.96. The Hall–Kier alpha value is -4.99. The summed E-state index contributed by atoms with van der Waals surface area (Å²) in [5.74, 6) is -0.394. The van der Waals surface area contributed by atoms with Crippen LogP contribution in [-0.4, -0.2) is 31.2 Å². The molecule has 1 heterocycles. The summed E-state index contributed by atoms with van der Waals surface area (Å²) in [6.45, 7) is 0. The lowest BCUT2D eigenvalue weighted by molar-refractivity contribution is -0.825. The van der Waals surface area contributed by atoms with Crippen molar-refractivity contribution in [1.82, 2.24) is 10.6 Å². The summed E-state index contributed by atoms with van der Waals surface area (Å²) in [7, 11) is 3.02. The number of fused-ring (bicyclic) bond motifs is 1. The second-order valence-corrected chi connectivity index (χ2v) is 10.3. The molecule has 0 bridgehead atoms. The molecule has 9 heteroatoms. The highest BCUT2D eigenvalue weighted by molar-refractivity contribution is 6.12. The van der Waals surface area contributed by atoms with Gasteiger partial charge < -0.3 is 19.8 Å². The van der Waals surface area contributed by atoms with Gasteiger partial charge in [0.1, 0.15) is 22.9 Å². The van der Waals surface area contributed by atoms with E-state index >= 15 is 0 Å². The molecule has 2 amide bonds. The number of amides is 2. The van der Waals surface area contributed by atoms with E-state index in [1.165, 1.54) is 38.4 Å². The third-order valence-electron chi connectivity index (χ3n) is 7.74. The fraction of sp³-hybridized carbons (Fsp3) is 0.152. The summed E-state index contributed by atoms with van der Waals surface area (Å²) in [4.78, 5) is 26.7. The molecule has 5 N–H and O–H groups in total. The molecule has 1 aliphatic rings. The number of benzene rings is 4. The molecule has 0 radical (unpaired) electrons. The van der Waals surface area contributed by atoms with Crippen LogP contribution in [0.1, 0.15) is 39.1 Å². The van der Waals surface area contributed by atoms with Crippen molar-refractivity contribution in [3.05, 3.63) is 107 Å². The van der Waals surface area contributed by atoms with Crippen LogP contribution in [0, 0.1) is 5.82 Å². The number of hydrogen-bond donors (Lipinski definition) is 4. The maximum Gasteiger partial charge on any atom is 0.255 e. The molecule has 42 heavy (non-hydrogen) atoms. The van der Waals surface area contributed by atoms with E-state index < -0.39 is 11.4 Å². The van der Waals surface area contributed by atoms with Gasteiger partial charge in [0.25, 0.3) is 11.8 Å². The second kappa shape index (κ2) is 10.8. The zero-order chi connectivity index (χ0) is 29.4. The Bertz CT molecular complexity index is 1810. The van der Waals surface area contributed by atoms with Gasteiger partial charge in [-0.15, -0.1) is 0 Å². The first-order valence-corrected chi connectivity index (χ1v) is 13.5. The SMILES string of the molecule is CNC(=O)c1c(-c2ccc(F)cc2)oc2cc([NH2+]O)c(-c3ccc(OC)c(C(=O)NC4(c5ccccc5)CC4)c3)cc12. The molecule has 1 aromatic heterocycles. The summed E-state index contributed by atoms with van der Waals surface area (Å²) in [5.41, 5.74) is 4.70. The number of hydrogen-bond acceptors (Lipinski definition) is 5.